The molecule has 0 bridgehead atoms. The number of aliphatic hydroxyl groups excluding tert-OH is 2. The molecule has 620 valence electrons. The van der Waals surface area contributed by atoms with E-state index in [1.165, 1.54) is 37.6 Å². The molecule has 36 nitrogen and oxygen atoms in total. The van der Waals surface area contributed by atoms with Crippen LogP contribution in [0.2, 0.25) is 0 Å². The number of aliphatic hydroxyl groups is 2. The number of nitrogen functional groups attached to an aromatic ring is 1. The number of phosphoric acid groups is 3. The van der Waals surface area contributed by atoms with Gasteiger partial charge in [-0.1, -0.05) is 119 Å². The third-order valence-electron chi connectivity index (χ3n) is 19.9. The second kappa shape index (κ2) is 43.3. The Balaban J connectivity index is 0.970. The van der Waals surface area contributed by atoms with Crippen LogP contribution in [0.1, 0.15) is 158 Å². The zero-order chi connectivity index (χ0) is 82.3. The van der Waals surface area contributed by atoms with Crippen LogP contribution in [-0.2, 0) is 90.6 Å². The zero-order valence-corrected chi connectivity index (χ0v) is 68.4. The highest BCUT2D eigenvalue weighted by atomic mass is 32.2. The number of ether oxygens (including phenoxy) is 2. The van der Waals surface area contributed by atoms with Gasteiger partial charge in [-0.15, -0.1) is 0 Å². The molecule has 0 spiro atoms. The van der Waals surface area contributed by atoms with E-state index in [9.17, 15) is 91.7 Å². The first-order valence-electron chi connectivity index (χ1n) is 36.9. The number of Topliss-reactive ketones (excluding diaryl/α,β-unsaturated/α-hetero) is 2. The maximum Gasteiger partial charge on any atom is 0.481 e. The topological polar surface area (TPSA) is 517 Å². The van der Waals surface area contributed by atoms with E-state index in [1.807, 2.05) is 78.8 Å². The van der Waals surface area contributed by atoms with E-state index in [2.05, 4.69) is 39.7 Å². The number of imidazole rings is 1. The van der Waals surface area contributed by atoms with Gasteiger partial charge in [0, 0.05) is 96.1 Å². The van der Waals surface area contributed by atoms with Crippen molar-refractivity contribution in [1.82, 2.24) is 50.2 Å². The zero-order valence-electron chi connectivity index (χ0n) is 64.9. The Morgan fingerprint density at radius 1 is 0.818 bits per heavy atom. The van der Waals surface area contributed by atoms with Crippen LogP contribution in [0.3, 0.4) is 0 Å². The second-order valence-electron chi connectivity index (χ2n) is 29.7. The summed E-state index contributed by atoms with van der Waals surface area (Å²) in [6, 6.07) is 6.42. The molecule has 0 saturated carbocycles. The minimum atomic E-state index is -5.64. The van der Waals surface area contributed by atoms with Crippen molar-refractivity contribution < 1.29 is 119 Å². The Hall–Kier alpha value is -6.24. The normalized spacial score (nSPS) is 20.5. The van der Waals surface area contributed by atoms with Gasteiger partial charge in [0.1, 0.15) is 59.9 Å². The van der Waals surface area contributed by atoms with Gasteiger partial charge < -0.3 is 80.8 Å². The molecular weight excluding hydrogens is 1520 g/mol. The number of nitrogens with zero attached hydrogens (tertiary/aromatic N) is 7. The third kappa shape index (κ3) is 28.1. The fourth-order valence-corrected chi connectivity index (χ4v) is 17.4. The molecule has 40 heteroatoms. The molecule has 6 amide bonds. The molecule has 3 aromatic rings. The summed E-state index contributed by atoms with van der Waals surface area (Å²) in [4.78, 5) is 178. The van der Waals surface area contributed by atoms with Crippen molar-refractivity contribution in [3.63, 3.8) is 0 Å². The van der Waals surface area contributed by atoms with E-state index in [4.69, 9.17) is 24.3 Å². The number of benzene rings is 1. The molecular formula is C70H114N11O25P3S. The van der Waals surface area contributed by atoms with Gasteiger partial charge in [0.2, 0.25) is 35.4 Å². The van der Waals surface area contributed by atoms with Crippen LogP contribution < -0.4 is 21.7 Å². The third-order valence-corrected chi connectivity index (χ3v) is 24.1. The number of nitrogens with two attached hydrogens (primary N) is 1. The van der Waals surface area contributed by atoms with Gasteiger partial charge in [0.25, 0.3) is 0 Å². The van der Waals surface area contributed by atoms with Gasteiger partial charge in [-0.3, -0.25) is 61.3 Å². The lowest BCUT2D eigenvalue weighted by atomic mass is 9.84. The number of rotatable bonds is 49. The molecule has 2 aliphatic rings. The number of hydrogen-bond donors (Lipinski definition) is 11. The number of unbranched alkanes of at least 4 members (excludes halogenated alkanes) is 3. The van der Waals surface area contributed by atoms with Crippen molar-refractivity contribution in [3.05, 3.63) is 48.5 Å². The Bertz CT molecular complexity index is 3730. The Labute approximate surface area is 646 Å². The summed E-state index contributed by atoms with van der Waals surface area (Å²) in [5, 5.41) is 39.9. The van der Waals surface area contributed by atoms with Crippen LogP contribution >= 0.6 is 35.2 Å². The van der Waals surface area contributed by atoms with Crippen molar-refractivity contribution in [2.24, 2.45) is 40.9 Å². The number of likely N-dealkylation sites (N-methyl/N-ethyl adjacent to an activating group) is 2. The number of carbonyl (C=O) groups excluding carboxylic acids is 8. The lowest BCUT2D eigenvalue weighted by molar-refractivity contribution is -0.146. The maximum absolute atomic E-state index is 14.7. The number of thioether (sulfide) groups is 1. The van der Waals surface area contributed by atoms with Crippen molar-refractivity contribution in [3.8, 4) is 0 Å². The predicted molar refractivity (Wildman–Crippen MR) is 403 cm³/mol. The molecule has 110 heavy (non-hydrogen) atoms. The van der Waals surface area contributed by atoms with E-state index in [1.54, 1.807) is 30.8 Å². The Morgan fingerprint density at radius 2 is 1.47 bits per heavy atom. The summed E-state index contributed by atoms with van der Waals surface area (Å²) in [6.45, 7) is 15.8. The molecule has 16 unspecified atom stereocenters. The van der Waals surface area contributed by atoms with E-state index in [0.717, 1.165) is 22.8 Å². The van der Waals surface area contributed by atoms with Crippen LogP contribution in [-0.4, -0.2) is 242 Å². The Kier molecular flexibility index (Phi) is 37.1. The number of carbonyl (C=O) groups is 9. The van der Waals surface area contributed by atoms with Gasteiger partial charge in [-0.25, -0.2) is 28.6 Å². The lowest BCUT2D eigenvalue weighted by Gasteiger charge is -2.41. The van der Waals surface area contributed by atoms with E-state index < -0.39 is 139 Å². The number of carboxylic acid groups (broad SMARTS) is 1. The van der Waals surface area contributed by atoms with Crippen molar-refractivity contribution in [1.29, 1.82) is 0 Å². The monoisotopic (exact) mass is 1630 g/mol. The number of amides is 6. The number of aromatic nitrogens is 4. The largest absolute Gasteiger partial charge is 0.481 e. The minimum Gasteiger partial charge on any atom is -0.481 e. The first kappa shape index (κ1) is 94.4. The number of ketones is 2. The number of hydrogen-bond acceptors (Lipinski definition) is 25. The number of phosphoric ester groups is 3. The standard InChI is InChI=1S/C70H114N11O25P3S/c1-14-43(6)58(44(7)33-54(86)80-31-22-26-49(80)60(101-13)45(8)50(83)35-47(69(92)93)34-46-23-18-17-19-24-46)79(12)67(91)55(41(2)3)77-65(89)57(42(4)5)78(11)53(85)27-21-16-15-20-25-48(82)37-110-32-30-72-52(84)28-29-73-66(90)62(88)70(9,10)38-103-109(99,100)106-108(97,98)102-36-51-61(105-107(94,95)96)59(87)68(104-51)81-40-76-56-63(71)74-39-75-64(56)81/h17-19,23-24,39-45,47,49,51,55,57-62,68,87-88H,14-16,20-22,25-38H2,1-13H3,(H,72,84)(H,73,90)(H,77,89)(H,92,93)(H,97,98)(H,99,100)(H2,71,74,75)(H2,94,95,96). The molecule has 0 radical (unpaired) electrons. The molecule has 12 N–H and O–H groups in total. The maximum atomic E-state index is 14.7. The molecule has 0 aliphatic carbocycles. The SMILES string of the molecule is CCC(C)C(C(C)CC(=O)N1CCCC1C(OC)C(C)C(=O)CC(Cc1ccccc1)C(=O)O)N(C)C(=O)C(NC(=O)C(C(C)C)N(C)C(=O)CCCCCCC(=O)CSCCNC(=O)CCNC(=O)C(O)C(C)(C)COP(=O)(O)OP(=O)(O)OCC1OC(n2cnc3c(N)ncnc32)C(O)C1OP(=O)(O)O)C(C)C. The fourth-order valence-electron chi connectivity index (χ4n) is 13.8. The number of aliphatic carboxylic acids is 1. The van der Waals surface area contributed by atoms with Crippen molar-refractivity contribution in [2.75, 3.05) is 71.3 Å². The Morgan fingerprint density at radius 3 is 2.09 bits per heavy atom. The molecule has 5 rings (SSSR count). The van der Waals surface area contributed by atoms with Crippen LogP contribution in [0.25, 0.3) is 11.2 Å². The van der Waals surface area contributed by atoms with Gasteiger partial charge in [-0.05, 0) is 61.3 Å². The number of carboxylic acids is 1. The highest BCUT2D eigenvalue weighted by Gasteiger charge is 2.51. The highest BCUT2D eigenvalue weighted by Crippen LogP contribution is 2.61. The van der Waals surface area contributed by atoms with E-state index in [-0.39, 0.29) is 121 Å². The highest BCUT2D eigenvalue weighted by molar-refractivity contribution is 7.99. The van der Waals surface area contributed by atoms with Crippen molar-refractivity contribution in [2.45, 2.75) is 214 Å². The second-order valence-corrected chi connectivity index (χ2v) is 35.0. The average molecular weight is 1630 g/mol. The van der Waals surface area contributed by atoms with E-state index >= 15 is 0 Å². The number of fused-ring (bicyclic) bond motifs is 1. The summed E-state index contributed by atoms with van der Waals surface area (Å²) >= 11 is 1.31. The van der Waals surface area contributed by atoms with E-state index in [0.29, 0.717) is 63.7 Å². The van der Waals surface area contributed by atoms with Crippen LogP contribution in [0.15, 0.2) is 43.0 Å². The molecule has 2 aliphatic heterocycles. The van der Waals surface area contributed by atoms with Crippen LogP contribution in [0.4, 0.5) is 5.82 Å². The molecule has 2 fully saturated rings. The summed E-state index contributed by atoms with van der Waals surface area (Å²) in [5.41, 5.74) is 5.02. The van der Waals surface area contributed by atoms with Gasteiger partial charge in [0.15, 0.2) is 17.7 Å². The number of likely N-dealkylation sites (tertiary alicyclic amines) is 1. The molecule has 2 aromatic heterocycles. The fraction of sp³-hybridized carbons (Fsp3) is 0.714. The van der Waals surface area contributed by atoms with Gasteiger partial charge in [0.05, 0.1) is 43.4 Å². The smallest absolute Gasteiger partial charge is 0.481 e. The summed E-state index contributed by atoms with van der Waals surface area (Å²) in [7, 11) is -11.8. The van der Waals surface area contributed by atoms with Crippen LogP contribution in [0.5, 0.6) is 0 Å². The van der Waals surface area contributed by atoms with Gasteiger partial charge in [-0.2, -0.15) is 16.1 Å². The molecule has 2 saturated heterocycles. The van der Waals surface area contributed by atoms with Crippen LogP contribution in [0, 0.1) is 40.9 Å². The minimum absolute atomic E-state index is 0.00445. The first-order chi connectivity index (χ1) is 51.5. The number of methoxy groups -OCH3 is 1. The lowest BCUT2D eigenvalue weighted by Crippen LogP contribution is -2.59. The molecule has 16 atom stereocenters. The van der Waals surface area contributed by atoms with Gasteiger partial charge >= 0.3 is 29.4 Å². The number of anilines is 1. The van der Waals surface area contributed by atoms with Crippen molar-refractivity contribution >= 4 is 105 Å². The average Bonchev–Trinajstić information content (AvgIpc) is 1.61. The molecule has 1 aromatic carbocycles. The summed E-state index contributed by atoms with van der Waals surface area (Å²) in [5.74, 6) is -6.21. The summed E-state index contributed by atoms with van der Waals surface area (Å²) < 4.78 is 68.9. The summed E-state index contributed by atoms with van der Waals surface area (Å²) in [6.07, 6.45) is -2.93. The number of nitrogens with one attached hydrogen (secondary N) is 3. The first-order valence-corrected chi connectivity index (χ1v) is 42.6. The quantitative estimate of drug-likeness (QED) is 0.0258. The molecule has 4 heterocycles. The predicted octanol–water partition coefficient (Wildman–Crippen LogP) is 5.12.